The summed E-state index contributed by atoms with van der Waals surface area (Å²) in [6, 6.07) is 4.26. The second kappa shape index (κ2) is 14.9. The van der Waals surface area contributed by atoms with Crippen molar-refractivity contribution in [1.29, 1.82) is 0 Å². The molecule has 0 amide bonds. The van der Waals surface area contributed by atoms with E-state index in [2.05, 4.69) is 6.92 Å². The van der Waals surface area contributed by atoms with Crippen molar-refractivity contribution in [2.24, 2.45) is 5.73 Å². The van der Waals surface area contributed by atoms with Gasteiger partial charge in [0.25, 0.3) is 0 Å². The third kappa shape index (κ3) is 11.4. The monoisotopic (exact) mass is 402 g/mol. The van der Waals surface area contributed by atoms with Crippen LogP contribution in [0.5, 0.6) is 5.75 Å². The van der Waals surface area contributed by atoms with Crippen LogP contribution in [0.25, 0.3) is 0 Å². The molecule has 3 N–H and O–H groups in total. The van der Waals surface area contributed by atoms with Crippen LogP contribution in [0, 0.1) is 5.82 Å². The molecule has 0 bridgehead atoms. The summed E-state index contributed by atoms with van der Waals surface area (Å²) in [5.74, 6) is -0.195. The largest absolute Gasteiger partial charge is 0.508 e. The van der Waals surface area contributed by atoms with Crippen molar-refractivity contribution in [3.63, 3.8) is 0 Å². The second-order valence-corrected chi connectivity index (χ2v) is 8.17. The highest BCUT2D eigenvalue weighted by Gasteiger charge is 2.19. The molecule has 27 heavy (non-hydrogen) atoms. The average molecular weight is 402 g/mol. The number of hydrogen-bond acceptors (Lipinski definition) is 5. The van der Waals surface area contributed by atoms with E-state index in [1.54, 1.807) is 12.1 Å². The molecule has 0 saturated carbocycles. The van der Waals surface area contributed by atoms with Crippen LogP contribution in [0.3, 0.4) is 0 Å². The lowest BCUT2D eigenvalue weighted by Crippen LogP contribution is -2.24. The first-order chi connectivity index (χ1) is 13.1. The van der Waals surface area contributed by atoms with Crippen molar-refractivity contribution in [3.8, 4) is 5.75 Å². The summed E-state index contributed by atoms with van der Waals surface area (Å²) >= 11 is 0. The summed E-state index contributed by atoms with van der Waals surface area (Å²) in [7, 11) is -1.87. The van der Waals surface area contributed by atoms with Gasteiger partial charge in [0.2, 0.25) is 0 Å². The van der Waals surface area contributed by atoms with Gasteiger partial charge in [0.15, 0.2) is 17.7 Å². The number of ether oxygens (including phenoxy) is 1. The van der Waals surface area contributed by atoms with E-state index in [-0.39, 0.29) is 25.1 Å². The minimum Gasteiger partial charge on any atom is -0.491 e. The summed E-state index contributed by atoms with van der Waals surface area (Å²) in [5.41, 5.74) is 6.16. The van der Waals surface area contributed by atoms with E-state index in [1.165, 1.54) is 38.2 Å². The molecule has 0 saturated heterocycles. The summed E-state index contributed by atoms with van der Waals surface area (Å²) in [5, 5.41) is 8.83. The van der Waals surface area contributed by atoms with Gasteiger partial charge in [-0.1, -0.05) is 51.5 Å². The standard InChI is InChI=1S/C20H34FNO4P/c1-2-3-4-5-6-7-8-12-25-20-10-9-17(14-19(20)21)16-26-27(24)13-11-18(22)15-23/h9-10,14,18,23H,2-8,11-13,15-16,22H2,1H3/q+1. The average Bonchev–Trinajstić information content (AvgIpc) is 2.67. The van der Waals surface area contributed by atoms with Gasteiger partial charge >= 0.3 is 8.03 Å². The molecule has 0 heterocycles. The smallest absolute Gasteiger partial charge is 0.491 e. The highest BCUT2D eigenvalue weighted by atomic mass is 31.1. The van der Waals surface area contributed by atoms with Gasteiger partial charge in [-0.15, -0.1) is 4.52 Å². The summed E-state index contributed by atoms with van der Waals surface area (Å²) in [6.07, 6.45) is 9.01. The Balaban J connectivity index is 2.24. The molecule has 7 heteroatoms. The fourth-order valence-corrected chi connectivity index (χ4v) is 3.53. The minimum atomic E-state index is -1.87. The fraction of sp³-hybridized carbons (Fsp3) is 0.700. The molecule has 0 aliphatic heterocycles. The Hall–Kier alpha value is -1.07. The van der Waals surface area contributed by atoms with Gasteiger partial charge in [0.05, 0.1) is 13.2 Å². The normalized spacial score (nSPS) is 12.8. The lowest BCUT2D eigenvalue weighted by atomic mass is 10.1. The molecule has 5 nitrogen and oxygen atoms in total. The zero-order chi connectivity index (χ0) is 19.9. The van der Waals surface area contributed by atoms with Crippen LogP contribution < -0.4 is 10.5 Å². The molecule has 1 rings (SSSR count). The highest BCUT2D eigenvalue weighted by Crippen LogP contribution is 2.27. The molecule has 1 aromatic carbocycles. The van der Waals surface area contributed by atoms with Crippen LogP contribution in [0.15, 0.2) is 18.2 Å². The van der Waals surface area contributed by atoms with Gasteiger partial charge < -0.3 is 15.6 Å². The Morgan fingerprint density at radius 3 is 2.56 bits per heavy atom. The lowest BCUT2D eigenvalue weighted by Gasteiger charge is -2.08. The first-order valence-electron chi connectivity index (χ1n) is 9.92. The van der Waals surface area contributed by atoms with E-state index in [0.29, 0.717) is 18.6 Å². The number of aliphatic hydroxyl groups excluding tert-OH is 1. The van der Waals surface area contributed by atoms with E-state index in [4.69, 9.17) is 20.1 Å². The zero-order valence-electron chi connectivity index (χ0n) is 16.4. The van der Waals surface area contributed by atoms with Gasteiger partial charge in [0, 0.05) is 12.5 Å². The fourth-order valence-electron chi connectivity index (χ4n) is 2.57. The number of nitrogens with two attached hydrogens (primary N) is 1. The molecule has 0 aromatic heterocycles. The Labute approximate surface area is 163 Å². The summed E-state index contributed by atoms with van der Waals surface area (Å²) < 4.78 is 36.6. The van der Waals surface area contributed by atoms with Crippen LogP contribution in [0.4, 0.5) is 4.39 Å². The van der Waals surface area contributed by atoms with Crippen molar-refractivity contribution in [1.82, 2.24) is 0 Å². The maximum Gasteiger partial charge on any atom is 0.508 e. The van der Waals surface area contributed by atoms with Crippen molar-refractivity contribution in [2.45, 2.75) is 70.9 Å². The third-order valence-corrected chi connectivity index (χ3v) is 5.33. The van der Waals surface area contributed by atoms with Crippen LogP contribution in [0.2, 0.25) is 0 Å². The molecule has 2 atom stereocenters. The summed E-state index contributed by atoms with van der Waals surface area (Å²) in [4.78, 5) is 0. The molecule has 0 radical (unpaired) electrons. The van der Waals surface area contributed by atoms with E-state index < -0.39 is 19.9 Å². The van der Waals surface area contributed by atoms with Crippen LogP contribution in [-0.2, 0) is 15.7 Å². The third-order valence-electron chi connectivity index (χ3n) is 4.29. The molecule has 2 unspecified atom stereocenters. The number of halogens is 1. The minimum absolute atomic E-state index is 0.0680. The van der Waals surface area contributed by atoms with Gasteiger partial charge in [-0.3, -0.25) is 0 Å². The summed E-state index contributed by atoms with van der Waals surface area (Å²) in [6.45, 7) is 2.64. The van der Waals surface area contributed by atoms with E-state index in [9.17, 15) is 8.96 Å². The topological polar surface area (TPSA) is 81.8 Å². The second-order valence-electron chi connectivity index (χ2n) is 6.80. The number of unbranched alkanes of at least 4 members (excludes halogenated alkanes) is 6. The highest BCUT2D eigenvalue weighted by molar-refractivity contribution is 7.39. The van der Waals surface area contributed by atoms with E-state index in [1.807, 2.05) is 0 Å². The number of hydrogen-bond donors (Lipinski definition) is 2. The van der Waals surface area contributed by atoms with Crippen molar-refractivity contribution in [3.05, 3.63) is 29.6 Å². The van der Waals surface area contributed by atoms with Gasteiger partial charge in [-0.05, 0) is 28.7 Å². The Morgan fingerprint density at radius 1 is 1.19 bits per heavy atom. The predicted octanol–water partition coefficient (Wildman–Crippen LogP) is 4.92. The molecule has 1 aromatic rings. The molecule has 0 aliphatic rings. The van der Waals surface area contributed by atoms with Gasteiger partial charge in [0.1, 0.15) is 6.61 Å². The maximum absolute atomic E-state index is 14.1. The maximum atomic E-state index is 14.1. The molecule has 0 aliphatic carbocycles. The van der Waals surface area contributed by atoms with Crippen LogP contribution in [-0.4, -0.2) is 30.5 Å². The lowest BCUT2D eigenvalue weighted by molar-refractivity contribution is 0.261. The van der Waals surface area contributed by atoms with E-state index >= 15 is 0 Å². The van der Waals surface area contributed by atoms with Gasteiger partial charge in [-0.2, -0.15) is 0 Å². The molecular formula is C20H34FNO4P+. The van der Waals surface area contributed by atoms with Crippen molar-refractivity contribution in [2.75, 3.05) is 19.4 Å². The Bertz CT molecular complexity index is 545. The van der Waals surface area contributed by atoms with Crippen molar-refractivity contribution < 1.29 is 23.3 Å². The molecule has 154 valence electrons. The first kappa shape index (κ1) is 24.0. The zero-order valence-corrected chi connectivity index (χ0v) is 17.3. The van der Waals surface area contributed by atoms with E-state index in [0.717, 1.165) is 12.8 Å². The molecule has 0 fully saturated rings. The number of benzene rings is 1. The van der Waals surface area contributed by atoms with Gasteiger partial charge in [-0.25, -0.2) is 4.39 Å². The number of rotatable bonds is 16. The SMILES string of the molecule is CCCCCCCCCOc1ccc(CO[P+](=O)CCC(N)CO)cc1F. The number of aliphatic hydroxyl groups is 1. The Morgan fingerprint density at radius 2 is 1.89 bits per heavy atom. The van der Waals surface area contributed by atoms with Crippen LogP contribution in [0.1, 0.15) is 63.9 Å². The molecular weight excluding hydrogens is 368 g/mol. The van der Waals surface area contributed by atoms with Crippen molar-refractivity contribution >= 4 is 8.03 Å². The first-order valence-corrected chi connectivity index (χ1v) is 11.3. The molecule has 0 spiro atoms. The quantitative estimate of drug-likeness (QED) is 0.303. The Kier molecular flexibility index (Phi) is 13.2. The predicted molar refractivity (Wildman–Crippen MR) is 107 cm³/mol. The van der Waals surface area contributed by atoms with Crippen LogP contribution >= 0.6 is 8.03 Å².